The summed E-state index contributed by atoms with van der Waals surface area (Å²) in [7, 11) is -4.86. The van der Waals surface area contributed by atoms with Crippen molar-refractivity contribution < 1.29 is 46.1 Å². The summed E-state index contributed by atoms with van der Waals surface area (Å²) in [6.45, 7) is 5.07. The Morgan fingerprint density at radius 2 is 1.91 bits per heavy atom. The average Bonchev–Trinajstić information content (AvgIpc) is 3.18. The lowest BCUT2D eigenvalue weighted by molar-refractivity contribution is -0.143. The number of carbonyl (C=O) groups excluding carboxylic acids is 3. The molecule has 4 atom stereocenters. The van der Waals surface area contributed by atoms with Crippen LogP contribution in [0.1, 0.15) is 18.9 Å². The van der Waals surface area contributed by atoms with Gasteiger partial charge in [-0.15, -0.1) is 0 Å². The molecule has 34 heavy (non-hydrogen) atoms. The summed E-state index contributed by atoms with van der Waals surface area (Å²) in [6.07, 6.45) is -1.02. The van der Waals surface area contributed by atoms with E-state index < -0.39 is 46.4 Å². The second-order valence-electron chi connectivity index (χ2n) is 8.45. The van der Waals surface area contributed by atoms with Crippen molar-refractivity contribution in [3.63, 3.8) is 0 Å². The van der Waals surface area contributed by atoms with E-state index in [-0.39, 0.29) is 36.6 Å². The first-order valence-corrected chi connectivity index (χ1v) is 11.7. The zero-order chi connectivity index (χ0) is 24.8. The summed E-state index contributed by atoms with van der Waals surface area (Å²) < 4.78 is 47.8. The Labute approximate surface area is 195 Å². The number of carbonyl (C=O) groups is 3. The third kappa shape index (κ3) is 4.67. The highest BCUT2D eigenvalue weighted by atomic mass is 32.3. The molecule has 3 aliphatic rings. The van der Waals surface area contributed by atoms with Crippen molar-refractivity contribution in [3.8, 4) is 5.75 Å². The Morgan fingerprint density at radius 1 is 1.24 bits per heavy atom. The number of fused-ring (bicyclic) bond motifs is 3. The fraction of sp³-hybridized carbons (Fsp3) is 0.348. The van der Waals surface area contributed by atoms with Crippen molar-refractivity contribution in [1.29, 1.82) is 0 Å². The highest BCUT2D eigenvalue weighted by Crippen LogP contribution is 2.48. The quantitative estimate of drug-likeness (QED) is 0.341. The fourth-order valence-corrected chi connectivity index (χ4v) is 5.26. The molecule has 10 nitrogen and oxygen atoms in total. The zero-order valence-electron chi connectivity index (χ0n) is 18.1. The molecular formula is C23H22O10S. The molecule has 2 N–H and O–H groups in total. The first-order chi connectivity index (χ1) is 15.9. The van der Waals surface area contributed by atoms with Crippen molar-refractivity contribution in [2.75, 3.05) is 6.61 Å². The molecule has 1 fully saturated rings. The van der Waals surface area contributed by atoms with Crippen LogP contribution in [-0.2, 0) is 44.9 Å². The van der Waals surface area contributed by atoms with Gasteiger partial charge in [0, 0.05) is 11.1 Å². The summed E-state index contributed by atoms with van der Waals surface area (Å²) in [4.78, 5) is 37.5. The van der Waals surface area contributed by atoms with Gasteiger partial charge in [-0.1, -0.05) is 24.3 Å². The van der Waals surface area contributed by atoms with Crippen LogP contribution in [0.4, 0.5) is 0 Å². The standard InChI is InChI=1S/C23H22O10S/c1-11-7-17(33-34(28,29)30)20-12(2)23(27)32-22(20)21-14(9-16(25)19(11)21)10-31-18(26)8-13-3-5-15(24)6-4-13/h3-6,9,17,20-22,24H,2,7-8,10H2,1H3,(H,28,29,30)/t17-,20+,21-,22-/m0/s1. The monoisotopic (exact) mass is 490 g/mol. The summed E-state index contributed by atoms with van der Waals surface area (Å²) in [5.41, 5.74) is 1.79. The van der Waals surface area contributed by atoms with Gasteiger partial charge in [-0.3, -0.25) is 14.1 Å². The SMILES string of the molecule is C=C1C(=O)O[C@@H]2[C@H]3C(COC(=O)Cc4ccc(O)cc4)=CC(=O)C3=C(C)C[C@H](OS(=O)(=O)O)[C@@H]12. The number of hydrogen-bond acceptors (Lipinski definition) is 9. The van der Waals surface area contributed by atoms with Crippen LogP contribution in [0, 0.1) is 11.8 Å². The molecule has 0 aromatic heterocycles. The van der Waals surface area contributed by atoms with E-state index in [0.29, 0.717) is 22.3 Å². The maximum Gasteiger partial charge on any atom is 0.397 e. The number of ether oxygens (including phenoxy) is 2. The average molecular weight is 490 g/mol. The minimum Gasteiger partial charge on any atom is -0.508 e. The number of ketones is 1. The van der Waals surface area contributed by atoms with Gasteiger partial charge < -0.3 is 14.6 Å². The molecule has 2 aliphatic carbocycles. The Morgan fingerprint density at radius 3 is 2.56 bits per heavy atom. The van der Waals surface area contributed by atoms with Crippen LogP contribution in [0.25, 0.3) is 0 Å². The third-order valence-corrected chi connectivity index (χ3v) is 6.67. The van der Waals surface area contributed by atoms with Gasteiger partial charge in [-0.2, -0.15) is 8.42 Å². The van der Waals surface area contributed by atoms with E-state index in [0.717, 1.165) is 0 Å². The van der Waals surface area contributed by atoms with Crippen LogP contribution in [0.2, 0.25) is 0 Å². The van der Waals surface area contributed by atoms with Crippen molar-refractivity contribution in [1.82, 2.24) is 0 Å². The van der Waals surface area contributed by atoms with Crippen LogP contribution < -0.4 is 0 Å². The number of phenols is 1. The molecule has 0 bridgehead atoms. The molecule has 0 unspecified atom stereocenters. The van der Waals surface area contributed by atoms with Gasteiger partial charge in [0.15, 0.2) is 5.78 Å². The van der Waals surface area contributed by atoms with Gasteiger partial charge in [0.1, 0.15) is 18.5 Å². The highest BCUT2D eigenvalue weighted by molar-refractivity contribution is 7.80. The van der Waals surface area contributed by atoms with E-state index in [2.05, 4.69) is 6.58 Å². The third-order valence-electron chi connectivity index (χ3n) is 6.18. The fourth-order valence-electron chi connectivity index (χ4n) is 4.76. The van der Waals surface area contributed by atoms with Crippen LogP contribution in [0.15, 0.2) is 59.2 Å². The molecular weight excluding hydrogens is 468 g/mol. The van der Waals surface area contributed by atoms with Crippen molar-refractivity contribution in [2.45, 2.75) is 32.0 Å². The smallest absolute Gasteiger partial charge is 0.397 e. The molecule has 0 saturated carbocycles. The maximum atomic E-state index is 12.8. The molecule has 4 rings (SSSR count). The Kier molecular flexibility index (Phi) is 6.19. The highest BCUT2D eigenvalue weighted by Gasteiger charge is 2.54. The lowest BCUT2D eigenvalue weighted by Crippen LogP contribution is -2.36. The summed E-state index contributed by atoms with van der Waals surface area (Å²) in [6, 6.07) is 6.04. The minimum atomic E-state index is -4.86. The number of esters is 2. The van der Waals surface area contributed by atoms with Gasteiger partial charge >= 0.3 is 22.3 Å². The van der Waals surface area contributed by atoms with Crippen LogP contribution >= 0.6 is 0 Å². The number of rotatable bonds is 6. The minimum absolute atomic E-state index is 0.0317. The molecule has 1 aliphatic heterocycles. The molecule has 0 amide bonds. The van der Waals surface area contributed by atoms with Crippen LogP contribution in [-0.4, -0.2) is 54.6 Å². The maximum absolute atomic E-state index is 12.8. The number of benzene rings is 1. The Bertz CT molecular complexity index is 1240. The lowest BCUT2D eigenvalue weighted by atomic mass is 9.82. The number of phenolic OH excluding ortho intramolecular Hbond substituents is 1. The van der Waals surface area contributed by atoms with E-state index >= 15 is 0 Å². The molecule has 1 aromatic rings. The first-order valence-electron chi connectivity index (χ1n) is 10.4. The van der Waals surface area contributed by atoms with E-state index in [4.69, 9.17) is 13.7 Å². The molecule has 1 aromatic carbocycles. The molecule has 1 heterocycles. The topological polar surface area (TPSA) is 154 Å². The Hall–Kier alpha value is -3.28. The van der Waals surface area contributed by atoms with E-state index in [9.17, 15) is 32.5 Å². The normalized spacial score (nSPS) is 26.5. The zero-order valence-corrected chi connectivity index (χ0v) is 18.9. The predicted molar refractivity (Wildman–Crippen MR) is 116 cm³/mol. The molecule has 0 radical (unpaired) electrons. The van der Waals surface area contributed by atoms with Gasteiger partial charge in [-0.05, 0) is 42.7 Å². The number of allylic oxidation sites excluding steroid dienone is 1. The summed E-state index contributed by atoms with van der Waals surface area (Å²) >= 11 is 0. The van der Waals surface area contributed by atoms with Crippen LogP contribution in [0.3, 0.4) is 0 Å². The molecule has 180 valence electrons. The van der Waals surface area contributed by atoms with Gasteiger partial charge in [0.2, 0.25) is 0 Å². The largest absolute Gasteiger partial charge is 0.508 e. The van der Waals surface area contributed by atoms with Crippen molar-refractivity contribution in [2.24, 2.45) is 11.8 Å². The van der Waals surface area contributed by atoms with Gasteiger partial charge in [0.05, 0.1) is 24.4 Å². The van der Waals surface area contributed by atoms with Crippen molar-refractivity contribution in [3.05, 3.63) is 64.8 Å². The van der Waals surface area contributed by atoms with E-state index in [1.165, 1.54) is 18.2 Å². The van der Waals surface area contributed by atoms with Crippen LogP contribution in [0.5, 0.6) is 5.75 Å². The summed E-state index contributed by atoms with van der Waals surface area (Å²) in [5, 5.41) is 9.35. The second-order valence-corrected chi connectivity index (χ2v) is 9.49. The first kappa shape index (κ1) is 23.9. The Balaban J connectivity index is 1.58. The number of aromatic hydroxyl groups is 1. The lowest BCUT2D eigenvalue weighted by Gasteiger charge is -2.27. The summed E-state index contributed by atoms with van der Waals surface area (Å²) in [5.74, 6) is -3.37. The molecule has 11 heteroatoms. The second kappa shape index (κ2) is 8.82. The van der Waals surface area contributed by atoms with E-state index in [1.54, 1.807) is 19.1 Å². The molecule has 1 saturated heterocycles. The number of hydrogen-bond donors (Lipinski definition) is 2. The predicted octanol–water partition coefficient (Wildman–Crippen LogP) is 1.61. The van der Waals surface area contributed by atoms with Crippen molar-refractivity contribution >= 4 is 28.1 Å². The van der Waals surface area contributed by atoms with Gasteiger partial charge in [-0.25, -0.2) is 8.98 Å². The van der Waals surface area contributed by atoms with Gasteiger partial charge in [0.25, 0.3) is 0 Å². The van der Waals surface area contributed by atoms with E-state index in [1.807, 2.05) is 0 Å². The molecule has 0 spiro atoms.